The summed E-state index contributed by atoms with van der Waals surface area (Å²) in [6.45, 7) is 4.31. The standard InChI is InChI=1S/C16H20O2S/c1-12-8-9-13-10-15(12)17-18-16(13,2)11-19-14-6-4-3-5-7-14/h3-8,13,15H,9-11H2,1-2H3/t13-,15-,16-/m0/s1. The van der Waals surface area contributed by atoms with Crippen LogP contribution in [0.4, 0.5) is 0 Å². The Hall–Kier alpha value is -0.770. The van der Waals surface area contributed by atoms with Crippen molar-refractivity contribution in [2.45, 2.75) is 43.3 Å². The van der Waals surface area contributed by atoms with Crippen molar-refractivity contribution in [3.8, 4) is 0 Å². The predicted octanol–water partition coefficient (Wildman–Crippen LogP) is 4.22. The highest BCUT2D eigenvalue weighted by Gasteiger charge is 2.44. The number of allylic oxidation sites excluding steroid dienone is 1. The van der Waals surface area contributed by atoms with Gasteiger partial charge in [0.1, 0.15) is 11.7 Å². The largest absolute Gasteiger partial charge is 0.229 e. The lowest BCUT2D eigenvalue weighted by molar-refractivity contribution is -0.408. The molecule has 1 saturated heterocycles. The van der Waals surface area contributed by atoms with Crippen LogP contribution in [-0.4, -0.2) is 17.5 Å². The van der Waals surface area contributed by atoms with E-state index in [2.05, 4.69) is 44.2 Å². The summed E-state index contributed by atoms with van der Waals surface area (Å²) in [6, 6.07) is 10.5. The van der Waals surface area contributed by atoms with Gasteiger partial charge in [0.15, 0.2) is 0 Å². The summed E-state index contributed by atoms with van der Waals surface area (Å²) in [4.78, 5) is 12.6. The Morgan fingerprint density at radius 2 is 2.11 bits per heavy atom. The Balaban J connectivity index is 1.67. The van der Waals surface area contributed by atoms with E-state index in [0.717, 1.165) is 18.6 Å². The first-order valence-electron chi connectivity index (χ1n) is 6.86. The topological polar surface area (TPSA) is 18.5 Å². The molecule has 2 nitrogen and oxygen atoms in total. The molecule has 0 spiro atoms. The van der Waals surface area contributed by atoms with Crippen LogP contribution < -0.4 is 0 Å². The number of thioether (sulfide) groups is 1. The van der Waals surface area contributed by atoms with E-state index in [1.54, 1.807) is 0 Å². The highest BCUT2D eigenvalue weighted by molar-refractivity contribution is 7.99. The molecule has 1 aliphatic carbocycles. The van der Waals surface area contributed by atoms with E-state index in [9.17, 15) is 0 Å². The van der Waals surface area contributed by atoms with Crippen LogP contribution in [0.15, 0.2) is 46.9 Å². The van der Waals surface area contributed by atoms with Crippen LogP contribution in [0.1, 0.15) is 26.7 Å². The van der Waals surface area contributed by atoms with Crippen molar-refractivity contribution in [2.75, 3.05) is 5.75 Å². The number of hydrogen-bond acceptors (Lipinski definition) is 3. The molecule has 1 aromatic carbocycles. The van der Waals surface area contributed by atoms with Gasteiger partial charge in [0.05, 0.1) is 0 Å². The fourth-order valence-electron chi connectivity index (χ4n) is 2.74. The van der Waals surface area contributed by atoms with Crippen molar-refractivity contribution < 1.29 is 9.78 Å². The van der Waals surface area contributed by atoms with Crippen LogP contribution in [0.3, 0.4) is 0 Å². The zero-order valence-corrected chi connectivity index (χ0v) is 12.3. The van der Waals surface area contributed by atoms with Gasteiger partial charge in [-0.05, 0) is 50.3 Å². The fraction of sp³-hybridized carbons (Fsp3) is 0.500. The molecular formula is C16H20O2S. The first-order valence-corrected chi connectivity index (χ1v) is 7.85. The normalized spacial score (nSPS) is 33.9. The number of benzene rings is 1. The zero-order valence-electron chi connectivity index (χ0n) is 11.5. The smallest absolute Gasteiger partial charge is 0.114 e. The summed E-state index contributed by atoms with van der Waals surface area (Å²) < 4.78 is 0. The number of hydrogen-bond donors (Lipinski definition) is 0. The van der Waals surface area contributed by atoms with Crippen LogP contribution in [0, 0.1) is 5.92 Å². The van der Waals surface area contributed by atoms with Crippen LogP contribution in [0.25, 0.3) is 0 Å². The highest BCUT2D eigenvalue weighted by Crippen LogP contribution is 2.43. The SMILES string of the molecule is CC1=CC[C@H]2C[C@@H]1OO[C@@]2(C)CSc1ccccc1. The maximum absolute atomic E-state index is 5.76. The molecule has 1 fully saturated rings. The predicted molar refractivity (Wildman–Crippen MR) is 78.0 cm³/mol. The quantitative estimate of drug-likeness (QED) is 0.468. The van der Waals surface area contributed by atoms with Crippen LogP contribution in [0.2, 0.25) is 0 Å². The van der Waals surface area contributed by atoms with E-state index in [-0.39, 0.29) is 11.7 Å². The molecular weight excluding hydrogens is 256 g/mol. The molecule has 0 radical (unpaired) electrons. The summed E-state index contributed by atoms with van der Waals surface area (Å²) in [5.74, 6) is 1.49. The molecule has 2 bridgehead atoms. The van der Waals surface area contributed by atoms with Crippen molar-refractivity contribution in [1.29, 1.82) is 0 Å². The van der Waals surface area contributed by atoms with Gasteiger partial charge in [-0.3, -0.25) is 0 Å². The molecule has 0 amide bonds. The maximum atomic E-state index is 5.76. The van der Waals surface area contributed by atoms with E-state index in [0.29, 0.717) is 5.92 Å². The second-order valence-corrected chi connectivity index (χ2v) is 6.75. The molecule has 1 heterocycles. The van der Waals surface area contributed by atoms with Gasteiger partial charge in [-0.2, -0.15) is 0 Å². The summed E-state index contributed by atoms with van der Waals surface area (Å²) in [5.41, 5.74) is 1.13. The van der Waals surface area contributed by atoms with Crippen LogP contribution in [0.5, 0.6) is 0 Å². The lowest BCUT2D eigenvalue weighted by Crippen LogP contribution is -2.49. The van der Waals surface area contributed by atoms with Crippen molar-refractivity contribution in [3.63, 3.8) is 0 Å². The fourth-order valence-corrected chi connectivity index (χ4v) is 3.82. The lowest BCUT2D eigenvalue weighted by Gasteiger charge is -2.45. The second-order valence-electron chi connectivity index (χ2n) is 5.70. The Morgan fingerprint density at radius 3 is 2.89 bits per heavy atom. The van der Waals surface area contributed by atoms with E-state index in [1.165, 1.54) is 10.5 Å². The Kier molecular flexibility index (Phi) is 3.70. The molecule has 0 aromatic heterocycles. The molecule has 0 unspecified atom stereocenters. The van der Waals surface area contributed by atoms with Gasteiger partial charge in [0.25, 0.3) is 0 Å². The van der Waals surface area contributed by atoms with Crippen molar-refractivity contribution in [1.82, 2.24) is 0 Å². The van der Waals surface area contributed by atoms with Gasteiger partial charge in [0, 0.05) is 10.6 Å². The Bertz CT molecular complexity index is 471. The molecule has 0 saturated carbocycles. The van der Waals surface area contributed by atoms with Gasteiger partial charge < -0.3 is 0 Å². The highest BCUT2D eigenvalue weighted by atomic mass is 32.2. The van der Waals surface area contributed by atoms with Crippen molar-refractivity contribution in [3.05, 3.63) is 42.0 Å². The van der Waals surface area contributed by atoms with Crippen molar-refractivity contribution >= 4 is 11.8 Å². The van der Waals surface area contributed by atoms with Crippen LogP contribution >= 0.6 is 11.8 Å². The maximum Gasteiger partial charge on any atom is 0.114 e. The third-order valence-electron chi connectivity index (χ3n) is 4.22. The summed E-state index contributed by atoms with van der Waals surface area (Å²) in [6.07, 6.45) is 4.69. The first kappa shape index (κ1) is 13.2. The van der Waals surface area contributed by atoms with Gasteiger partial charge in [-0.15, -0.1) is 11.8 Å². The second kappa shape index (κ2) is 5.31. The molecule has 3 rings (SSSR count). The Labute approximate surface area is 119 Å². The third kappa shape index (κ3) is 2.73. The molecule has 102 valence electrons. The molecule has 19 heavy (non-hydrogen) atoms. The summed E-state index contributed by atoms with van der Waals surface area (Å²) in [7, 11) is 0. The molecule has 2 aliphatic rings. The van der Waals surface area contributed by atoms with Gasteiger partial charge in [-0.25, -0.2) is 9.78 Å². The molecule has 0 N–H and O–H groups in total. The average Bonchev–Trinajstić information content (AvgIpc) is 2.45. The lowest BCUT2D eigenvalue weighted by atomic mass is 9.77. The molecule has 1 aliphatic heterocycles. The minimum absolute atomic E-state index is 0.175. The monoisotopic (exact) mass is 276 g/mol. The van der Waals surface area contributed by atoms with E-state index < -0.39 is 0 Å². The Morgan fingerprint density at radius 1 is 1.32 bits per heavy atom. The van der Waals surface area contributed by atoms with E-state index >= 15 is 0 Å². The van der Waals surface area contributed by atoms with Crippen LogP contribution in [-0.2, 0) is 9.78 Å². The minimum atomic E-state index is -0.186. The number of rotatable bonds is 3. The first-order chi connectivity index (χ1) is 9.17. The van der Waals surface area contributed by atoms with Crippen molar-refractivity contribution in [2.24, 2.45) is 5.92 Å². The molecule has 3 heteroatoms. The zero-order chi connectivity index (χ0) is 13.3. The van der Waals surface area contributed by atoms with E-state index in [1.807, 2.05) is 17.8 Å². The van der Waals surface area contributed by atoms with Gasteiger partial charge >= 0.3 is 0 Å². The average molecular weight is 276 g/mol. The van der Waals surface area contributed by atoms with E-state index in [4.69, 9.17) is 9.78 Å². The van der Waals surface area contributed by atoms with Gasteiger partial charge in [-0.1, -0.05) is 24.3 Å². The summed E-state index contributed by atoms with van der Waals surface area (Å²) in [5, 5.41) is 0. The minimum Gasteiger partial charge on any atom is -0.229 e. The third-order valence-corrected chi connectivity index (χ3v) is 5.54. The molecule has 1 aromatic rings. The summed E-state index contributed by atoms with van der Waals surface area (Å²) >= 11 is 1.85. The molecule has 3 atom stereocenters. The van der Waals surface area contributed by atoms with Gasteiger partial charge in [0.2, 0.25) is 0 Å². The number of fused-ring (bicyclic) bond motifs is 2.